The molecule has 48 heavy (non-hydrogen) atoms. The standard InChI is InChI=1S/C37H36ClN7O3/c1-20-15-23-17-39-44(3)36(47)32(23)34(40-20)41-27-10-6-7-24(21(27)2)25-8-5-9-26(33(25)38)28-16-22-11-12-29(31(22)35(42-28)48-4)45-18-37(19-45)14-13-30(46)43-37/h5-10,15-17,29H,11-14,18-19H2,1-4H3,(H,40,41)(H,43,46). The van der Waals surface area contributed by atoms with Gasteiger partial charge in [-0.05, 0) is 68.0 Å². The fourth-order valence-electron chi connectivity index (χ4n) is 7.81. The van der Waals surface area contributed by atoms with Crippen LogP contribution in [0.2, 0.25) is 5.02 Å². The maximum Gasteiger partial charge on any atom is 0.278 e. The molecule has 5 aromatic rings. The lowest BCUT2D eigenvalue weighted by Crippen LogP contribution is -2.67. The van der Waals surface area contributed by atoms with Gasteiger partial charge in [0.15, 0.2) is 0 Å². The Morgan fingerprint density at radius 1 is 1.02 bits per heavy atom. The van der Waals surface area contributed by atoms with E-state index in [2.05, 4.69) is 31.7 Å². The van der Waals surface area contributed by atoms with Crippen LogP contribution in [-0.2, 0) is 18.3 Å². The molecule has 1 aliphatic carbocycles. The van der Waals surface area contributed by atoms with E-state index in [1.165, 1.54) is 10.2 Å². The van der Waals surface area contributed by atoms with Gasteiger partial charge in [-0.15, -0.1) is 0 Å². The van der Waals surface area contributed by atoms with Crippen LogP contribution in [0.3, 0.4) is 0 Å². The molecule has 1 spiro atoms. The lowest BCUT2D eigenvalue weighted by molar-refractivity contribution is -0.121. The zero-order chi connectivity index (χ0) is 33.3. The first kappa shape index (κ1) is 30.5. The van der Waals surface area contributed by atoms with Crippen LogP contribution < -0.4 is 20.9 Å². The maximum absolute atomic E-state index is 13.1. The largest absolute Gasteiger partial charge is 0.481 e. The molecule has 2 N–H and O–H groups in total. The van der Waals surface area contributed by atoms with Crippen LogP contribution in [0.5, 0.6) is 5.88 Å². The normalized spacial score (nSPS) is 18.2. The number of halogens is 1. The van der Waals surface area contributed by atoms with Crippen molar-refractivity contribution in [2.45, 2.75) is 51.1 Å². The number of fused-ring (bicyclic) bond motifs is 2. The molecule has 2 aliphatic heterocycles. The number of ether oxygens (including phenoxy) is 1. The number of carbonyl (C=O) groups excluding carboxylic acids is 1. The predicted molar refractivity (Wildman–Crippen MR) is 187 cm³/mol. The van der Waals surface area contributed by atoms with Gasteiger partial charge in [-0.3, -0.25) is 14.5 Å². The van der Waals surface area contributed by atoms with Crippen molar-refractivity contribution in [3.8, 4) is 28.3 Å². The summed E-state index contributed by atoms with van der Waals surface area (Å²) in [5.74, 6) is 1.27. The zero-order valence-corrected chi connectivity index (χ0v) is 28.1. The summed E-state index contributed by atoms with van der Waals surface area (Å²) in [4.78, 5) is 37.1. The third-order valence-electron chi connectivity index (χ3n) is 10.2. The van der Waals surface area contributed by atoms with Gasteiger partial charge in [-0.25, -0.2) is 14.6 Å². The van der Waals surface area contributed by atoms with Crippen LogP contribution >= 0.6 is 11.6 Å². The number of pyridine rings is 2. The van der Waals surface area contributed by atoms with E-state index < -0.39 is 0 Å². The number of rotatable bonds is 6. The molecule has 3 aromatic heterocycles. The maximum atomic E-state index is 13.1. The molecule has 0 saturated carbocycles. The number of likely N-dealkylation sites (tertiary alicyclic amines) is 1. The van der Waals surface area contributed by atoms with E-state index in [0.717, 1.165) is 82.6 Å². The van der Waals surface area contributed by atoms with Gasteiger partial charge < -0.3 is 15.4 Å². The van der Waals surface area contributed by atoms with Crippen molar-refractivity contribution in [2.24, 2.45) is 7.05 Å². The Morgan fingerprint density at radius 3 is 2.56 bits per heavy atom. The quantitative estimate of drug-likeness (QED) is 0.227. The first-order chi connectivity index (χ1) is 23.1. The minimum Gasteiger partial charge on any atom is -0.481 e. The highest BCUT2D eigenvalue weighted by Crippen LogP contribution is 2.47. The van der Waals surface area contributed by atoms with Crippen LogP contribution in [0.25, 0.3) is 33.2 Å². The van der Waals surface area contributed by atoms with E-state index in [0.29, 0.717) is 28.5 Å². The smallest absolute Gasteiger partial charge is 0.278 e. The van der Waals surface area contributed by atoms with Crippen LogP contribution in [0, 0.1) is 13.8 Å². The number of hydrogen-bond acceptors (Lipinski definition) is 8. The molecular formula is C37H36ClN7O3. The summed E-state index contributed by atoms with van der Waals surface area (Å²) in [6, 6.07) is 16.2. The first-order valence-corrected chi connectivity index (χ1v) is 16.6. The Balaban J connectivity index is 1.12. The molecule has 2 fully saturated rings. The van der Waals surface area contributed by atoms with E-state index in [4.69, 9.17) is 21.3 Å². The van der Waals surface area contributed by atoms with Crippen molar-refractivity contribution in [1.82, 2.24) is 30.0 Å². The average Bonchev–Trinajstić information content (AvgIpc) is 3.66. The van der Waals surface area contributed by atoms with Crippen molar-refractivity contribution in [3.63, 3.8) is 0 Å². The van der Waals surface area contributed by atoms with Crippen molar-refractivity contribution in [3.05, 3.63) is 92.5 Å². The number of amides is 1. The lowest BCUT2D eigenvalue weighted by atomic mass is 9.86. The molecule has 0 bridgehead atoms. The van der Waals surface area contributed by atoms with Gasteiger partial charge in [0.05, 0.1) is 34.9 Å². The van der Waals surface area contributed by atoms with E-state index in [9.17, 15) is 9.59 Å². The third-order valence-corrected chi connectivity index (χ3v) is 10.6. The fourth-order valence-corrected chi connectivity index (χ4v) is 8.13. The number of benzene rings is 2. The first-order valence-electron chi connectivity index (χ1n) is 16.3. The molecule has 8 rings (SSSR count). The molecule has 3 aliphatic rings. The van der Waals surface area contributed by atoms with E-state index in [1.54, 1.807) is 20.4 Å². The van der Waals surface area contributed by atoms with Crippen molar-refractivity contribution in [1.29, 1.82) is 0 Å². The van der Waals surface area contributed by atoms with Gasteiger partial charge in [0.1, 0.15) is 5.82 Å². The summed E-state index contributed by atoms with van der Waals surface area (Å²) in [6.45, 7) is 5.65. The van der Waals surface area contributed by atoms with E-state index >= 15 is 0 Å². The van der Waals surface area contributed by atoms with Gasteiger partial charge in [-0.2, -0.15) is 5.10 Å². The highest BCUT2D eigenvalue weighted by Gasteiger charge is 2.51. The monoisotopic (exact) mass is 661 g/mol. The predicted octanol–water partition coefficient (Wildman–Crippen LogP) is 6.03. The number of anilines is 2. The molecule has 0 radical (unpaired) electrons. The lowest BCUT2D eigenvalue weighted by Gasteiger charge is -2.50. The molecule has 11 heteroatoms. The minimum absolute atomic E-state index is 0.0712. The van der Waals surface area contributed by atoms with Crippen LogP contribution in [0.1, 0.15) is 47.7 Å². The van der Waals surface area contributed by atoms with Crippen molar-refractivity contribution in [2.75, 3.05) is 25.5 Å². The second-order valence-electron chi connectivity index (χ2n) is 13.3. The molecule has 1 atom stereocenters. The summed E-state index contributed by atoms with van der Waals surface area (Å²) in [6.07, 6.45) is 5.11. The van der Waals surface area contributed by atoms with Gasteiger partial charge >= 0.3 is 0 Å². The Kier molecular flexibility index (Phi) is 7.26. The summed E-state index contributed by atoms with van der Waals surface area (Å²) in [5, 5.41) is 12.6. The Hall–Kier alpha value is -4.80. The molecule has 5 heterocycles. The Bertz CT molecular complexity index is 2210. The van der Waals surface area contributed by atoms with Gasteiger partial charge in [0.2, 0.25) is 11.8 Å². The molecule has 244 valence electrons. The highest BCUT2D eigenvalue weighted by atomic mass is 35.5. The van der Waals surface area contributed by atoms with Crippen LogP contribution in [0.15, 0.2) is 59.5 Å². The van der Waals surface area contributed by atoms with Gasteiger partial charge in [0.25, 0.3) is 5.56 Å². The number of hydrogen-bond donors (Lipinski definition) is 2. The highest BCUT2D eigenvalue weighted by molar-refractivity contribution is 6.36. The third kappa shape index (κ3) is 4.93. The number of nitrogens with one attached hydrogen (secondary N) is 2. The molecule has 1 amide bonds. The molecular weight excluding hydrogens is 626 g/mol. The average molecular weight is 662 g/mol. The number of aromatic nitrogens is 4. The number of methoxy groups -OCH3 is 1. The fraction of sp³-hybridized carbons (Fsp3) is 0.324. The Morgan fingerprint density at radius 2 is 1.79 bits per heavy atom. The van der Waals surface area contributed by atoms with Gasteiger partial charge in [0, 0.05) is 66.1 Å². The summed E-state index contributed by atoms with van der Waals surface area (Å²) in [5.41, 5.74) is 8.08. The van der Waals surface area contributed by atoms with Crippen molar-refractivity contribution >= 4 is 39.8 Å². The minimum atomic E-state index is -0.216. The van der Waals surface area contributed by atoms with Gasteiger partial charge in [-0.1, -0.05) is 41.9 Å². The SMILES string of the molecule is COc1nc(-c2cccc(-c3cccc(Nc4nc(C)cc5cnn(C)c(=O)c45)c3C)c2Cl)cc2c1C(N1CC3(CCC(=O)N3)C1)CC2. The summed E-state index contributed by atoms with van der Waals surface area (Å²) < 4.78 is 7.23. The van der Waals surface area contributed by atoms with Crippen LogP contribution in [0.4, 0.5) is 11.5 Å². The second-order valence-corrected chi connectivity index (χ2v) is 13.7. The topological polar surface area (TPSA) is 114 Å². The summed E-state index contributed by atoms with van der Waals surface area (Å²) >= 11 is 7.23. The van der Waals surface area contributed by atoms with E-state index in [1.807, 2.05) is 56.3 Å². The summed E-state index contributed by atoms with van der Waals surface area (Å²) in [7, 11) is 3.31. The second kappa shape index (κ2) is 11.4. The molecule has 1 unspecified atom stereocenters. The number of aryl methyl sites for hydroxylation is 3. The number of nitrogens with zero attached hydrogens (tertiary/aromatic N) is 5. The molecule has 2 aromatic carbocycles. The van der Waals surface area contributed by atoms with Crippen molar-refractivity contribution < 1.29 is 9.53 Å². The molecule has 2 saturated heterocycles. The van der Waals surface area contributed by atoms with E-state index in [-0.39, 0.29) is 23.0 Å². The van der Waals surface area contributed by atoms with Crippen LogP contribution in [-0.4, -0.2) is 56.3 Å². The Labute approximate surface area is 283 Å². The zero-order valence-electron chi connectivity index (χ0n) is 27.4. The number of carbonyl (C=O) groups is 1. The molecule has 10 nitrogen and oxygen atoms in total.